The van der Waals surface area contributed by atoms with Crippen molar-refractivity contribution < 1.29 is 9.59 Å². The van der Waals surface area contributed by atoms with E-state index in [9.17, 15) is 9.59 Å². The molecule has 3 nitrogen and oxygen atoms in total. The molecule has 0 saturated heterocycles. The summed E-state index contributed by atoms with van der Waals surface area (Å²) in [7, 11) is 0. The predicted molar refractivity (Wildman–Crippen MR) is 55.2 cm³/mol. The summed E-state index contributed by atoms with van der Waals surface area (Å²) < 4.78 is 0. The van der Waals surface area contributed by atoms with E-state index in [0.29, 0.717) is 6.54 Å². The van der Waals surface area contributed by atoms with Gasteiger partial charge in [-0.15, -0.1) is 0 Å². The highest BCUT2D eigenvalue weighted by atomic mass is 16.1. The van der Waals surface area contributed by atoms with E-state index >= 15 is 0 Å². The van der Waals surface area contributed by atoms with Crippen LogP contribution in [0.15, 0.2) is 18.2 Å². The first-order valence-electron chi connectivity index (χ1n) is 4.65. The Morgan fingerprint density at radius 2 is 2.33 bits per heavy atom. The molecule has 3 heteroatoms. The Morgan fingerprint density at radius 1 is 1.47 bits per heavy atom. The first-order valence-corrected chi connectivity index (χ1v) is 4.65. The minimum Gasteiger partial charge on any atom is -0.348 e. The number of hydrogen-bond donors (Lipinski definition) is 1. The third-order valence-corrected chi connectivity index (χ3v) is 2.21. The largest absolute Gasteiger partial charge is 0.348 e. The highest BCUT2D eigenvalue weighted by Gasteiger charge is 2.17. The van der Waals surface area contributed by atoms with Crippen molar-refractivity contribution >= 4 is 12.2 Å². The van der Waals surface area contributed by atoms with Gasteiger partial charge in [0.05, 0.1) is 6.42 Å². The maximum atomic E-state index is 11.2. The SMILES string of the molecule is O=CCC#Cc1ccc2c(c1)CNC2=O. The number of hydrogen-bond acceptors (Lipinski definition) is 2. The monoisotopic (exact) mass is 199 g/mol. The predicted octanol–water partition coefficient (Wildman–Crippen LogP) is 0.871. The lowest BCUT2D eigenvalue weighted by atomic mass is 10.1. The van der Waals surface area contributed by atoms with Gasteiger partial charge in [0.2, 0.25) is 0 Å². The molecule has 1 aliphatic heterocycles. The number of carbonyl (C=O) groups is 2. The average molecular weight is 199 g/mol. The Kier molecular flexibility index (Phi) is 2.51. The van der Waals surface area contributed by atoms with Crippen molar-refractivity contribution in [3.63, 3.8) is 0 Å². The van der Waals surface area contributed by atoms with Gasteiger partial charge in [0, 0.05) is 17.7 Å². The maximum absolute atomic E-state index is 11.2. The Morgan fingerprint density at radius 3 is 3.13 bits per heavy atom. The number of amides is 1. The van der Waals surface area contributed by atoms with E-state index in [2.05, 4.69) is 17.2 Å². The fraction of sp³-hybridized carbons (Fsp3) is 0.167. The second kappa shape index (κ2) is 3.97. The number of fused-ring (bicyclic) bond motifs is 1. The second-order valence-corrected chi connectivity index (χ2v) is 3.23. The lowest BCUT2D eigenvalue weighted by Gasteiger charge is -1.95. The Bertz CT molecular complexity index is 480. The van der Waals surface area contributed by atoms with Crippen LogP contribution in [0.2, 0.25) is 0 Å². The molecule has 1 amide bonds. The van der Waals surface area contributed by atoms with Crippen molar-refractivity contribution in [2.45, 2.75) is 13.0 Å². The third kappa shape index (κ3) is 1.89. The van der Waals surface area contributed by atoms with E-state index in [1.54, 1.807) is 12.1 Å². The molecule has 0 unspecified atom stereocenters. The lowest BCUT2D eigenvalue weighted by Crippen LogP contribution is -2.12. The van der Waals surface area contributed by atoms with E-state index in [1.807, 2.05) is 6.07 Å². The molecule has 1 N–H and O–H groups in total. The highest BCUT2D eigenvalue weighted by molar-refractivity contribution is 5.98. The standard InChI is InChI=1S/C12H9NO2/c14-6-2-1-3-9-4-5-11-10(7-9)8-13-12(11)15/h4-7H,2,8H2,(H,13,15). The number of nitrogens with one attached hydrogen (secondary N) is 1. The average Bonchev–Trinajstić information content (AvgIpc) is 2.61. The van der Waals surface area contributed by atoms with Crippen LogP contribution in [0.4, 0.5) is 0 Å². The summed E-state index contributed by atoms with van der Waals surface area (Å²) in [6.07, 6.45) is 1.01. The molecular weight excluding hydrogens is 190 g/mol. The van der Waals surface area contributed by atoms with E-state index in [4.69, 9.17) is 0 Å². The van der Waals surface area contributed by atoms with E-state index < -0.39 is 0 Å². The zero-order chi connectivity index (χ0) is 10.7. The zero-order valence-corrected chi connectivity index (χ0v) is 8.04. The topological polar surface area (TPSA) is 46.2 Å². The van der Waals surface area contributed by atoms with Crippen LogP contribution in [0.3, 0.4) is 0 Å². The van der Waals surface area contributed by atoms with E-state index in [0.717, 1.165) is 23.0 Å². The molecule has 0 atom stereocenters. The fourth-order valence-electron chi connectivity index (χ4n) is 1.50. The molecule has 0 spiro atoms. The quantitative estimate of drug-likeness (QED) is 0.539. The van der Waals surface area contributed by atoms with Gasteiger partial charge in [-0.1, -0.05) is 11.8 Å². The van der Waals surface area contributed by atoms with Crippen LogP contribution < -0.4 is 5.32 Å². The van der Waals surface area contributed by atoms with E-state index in [1.165, 1.54) is 0 Å². The number of benzene rings is 1. The summed E-state index contributed by atoms with van der Waals surface area (Å²) in [5, 5.41) is 2.74. The summed E-state index contributed by atoms with van der Waals surface area (Å²) in [5.74, 6) is 5.57. The summed E-state index contributed by atoms with van der Waals surface area (Å²) >= 11 is 0. The number of carbonyl (C=O) groups excluding carboxylic acids is 2. The Labute approximate surface area is 87.5 Å². The van der Waals surface area contributed by atoms with Gasteiger partial charge in [-0.25, -0.2) is 0 Å². The maximum Gasteiger partial charge on any atom is 0.251 e. The summed E-state index contributed by atoms with van der Waals surface area (Å²) in [6.45, 7) is 0.567. The van der Waals surface area contributed by atoms with Crippen molar-refractivity contribution in [1.29, 1.82) is 0 Å². The zero-order valence-electron chi connectivity index (χ0n) is 8.04. The van der Waals surface area contributed by atoms with Crippen molar-refractivity contribution in [3.05, 3.63) is 34.9 Å². The van der Waals surface area contributed by atoms with Crippen LogP contribution in [-0.4, -0.2) is 12.2 Å². The molecule has 0 radical (unpaired) electrons. The van der Waals surface area contributed by atoms with Crippen molar-refractivity contribution in [2.75, 3.05) is 0 Å². The van der Waals surface area contributed by atoms with Gasteiger partial charge in [-0.3, -0.25) is 4.79 Å². The van der Waals surface area contributed by atoms with Crippen molar-refractivity contribution in [1.82, 2.24) is 5.32 Å². The molecule has 0 bridgehead atoms. The number of aldehydes is 1. The molecule has 1 aliphatic rings. The molecule has 1 aromatic carbocycles. The fourth-order valence-corrected chi connectivity index (χ4v) is 1.50. The van der Waals surface area contributed by atoms with Crippen LogP contribution in [0.5, 0.6) is 0 Å². The summed E-state index contributed by atoms with van der Waals surface area (Å²) in [6, 6.07) is 5.44. The first-order chi connectivity index (χ1) is 7.31. The molecule has 0 saturated carbocycles. The van der Waals surface area contributed by atoms with Gasteiger partial charge in [0.1, 0.15) is 6.29 Å². The third-order valence-electron chi connectivity index (χ3n) is 2.21. The van der Waals surface area contributed by atoms with Gasteiger partial charge in [0.15, 0.2) is 0 Å². The number of rotatable bonds is 1. The lowest BCUT2D eigenvalue weighted by molar-refractivity contribution is -0.107. The summed E-state index contributed by atoms with van der Waals surface area (Å²) in [4.78, 5) is 21.3. The normalized spacial score (nSPS) is 12.4. The van der Waals surface area contributed by atoms with Crippen LogP contribution in [0, 0.1) is 11.8 Å². The van der Waals surface area contributed by atoms with Crippen LogP contribution >= 0.6 is 0 Å². The molecule has 74 valence electrons. The summed E-state index contributed by atoms with van der Waals surface area (Å²) in [5.41, 5.74) is 2.53. The molecule has 0 fully saturated rings. The van der Waals surface area contributed by atoms with Gasteiger partial charge in [0.25, 0.3) is 5.91 Å². The van der Waals surface area contributed by atoms with Crippen molar-refractivity contribution in [2.24, 2.45) is 0 Å². The second-order valence-electron chi connectivity index (χ2n) is 3.23. The van der Waals surface area contributed by atoms with Gasteiger partial charge >= 0.3 is 0 Å². The minimum absolute atomic E-state index is 0.0302. The first kappa shape index (κ1) is 9.47. The molecule has 0 aromatic heterocycles. The van der Waals surface area contributed by atoms with Gasteiger partial charge in [-0.2, -0.15) is 0 Å². The molecule has 1 heterocycles. The van der Waals surface area contributed by atoms with Gasteiger partial charge in [-0.05, 0) is 23.8 Å². The molecule has 2 rings (SSSR count). The molecule has 15 heavy (non-hydrogen) atoms. The van der Waals surface area contributed by atoms with Crippen LogP contribution in [0.1, 0.15) is 27.9 Å². The molecule has 1 aromatic rings. The Balaban J connectivity index is 2.28. The molecule has 0 aliphatic carbocycles. The molecular formula is C12H9NO2. The van der Waals surface area contributed by atoms with Crippen LogP contribution in [-0.2, 0) is 11.3 Å². The minimum atomic E-state index is -0.0302. The van der Waals surface area contributed by atoms with Crippen LogP contribution in [0.25, 0.3) is 0 Å². The Hall–Kier alpha value is -2.08. The van der Waals surface area contributed by atoms with Gasteiger partial charge < -0.3 is 10.1 Å². The highest BCUT2D eigenvalue weighted by Crippen LogP contribution is 2.16. The van der Waals surface area contributed by atoms with Crippen molar-refractivity contribution in [3.8, 4) is 11.8 Å². The smallest absolute Gasteiger partial charge is 0.251 e. The van der Waals surface area contributed by atoms with E-state index in [-0.39, 0.29) is 12.3 Å².